The lowest BCUT2D eigenvalue weighted by atomic mass is 10.1. The average Bonchev–Trinajstić information content (AvgIpc) is 2.52. The highest BCUT2D eigenvalue weighted by atomic mass is 16.5. The molecule has 1 heterocycles. The molecule has 1 unspecified atom stereocenters. The fraction of sp³-hybridized carbons (Fsp3) is 0.312. The fourth-order valence-corrected chi connectivity index (χ4v) is 2.06. The molecule has 1 atom stereocenters. The van der Waals surface area contributed by atoms with Gasteiger partial charge >= 0.3 is 0 Å². The third-order valence-electron chi connectivity index (χ3n) is 3.27. The molecule has 0 amide bonds. The Morgan fingerprint density at radius 3 is 2.50 bits per heavy atom. The lowest BCUT2D eigenvalue weighted by molar-refractivity contribution is 0.391. The van der Waals surface area contributed by atoms with Gasteiger partial charge in [-0.25, -0.2) is 0 Å². The van der Waals surface area contributed by atoms with Crippen molar-refractivity contribution >= 4 is 0 Å². The molecular weight excluding hydrogens is 252 g/mol. The normalized spacial score (nSPS) is 11.9. The summed E-state index contributed by atoms with van der Waals surface area (Å²) in [5.74, 6) is 1.69. The second-order valence-corrected chi connectivity index (χ2v) is 4.57. The predicted molar refractivity (Wildman–Crippen MR) is 79.0 cm³/mol. The van der Waals surface area contributed by atoms with Gasteiger partial charge in [0, 0.05) is 30.5 Å². The standard InChI is InChI=1S/C16H20N2O2/c1-12(18-11-13-6-8-17-9-7-13)15-10-14(19-2)4-5-16(15)20-3/h4-10,12,18H,11H2,1-3H3. The van der Waals surface area contributed by atoms with E-state index in [4.69, 9.17) is 9.47 Å². The molecule has 1 aromatic heterocycles. The molecule has 106 valence electrons. The molecule has 0 saturated carbocycles. The molecule has 1 N–H and O–H groups in total. The van der Waals surface area contributed by atoms with Gasteiger partial charge < -0.3 is 14.8 Å². The summed E-state index contributed by atoms with van der Waals surface area (Å²) in [5, 5.41) is 3.48. The van der Waals surface area contributed by atoms with Gasteiger partial charge in [-0.15, -0.1) is 0 Å². The topological polar surface area (TPSA) is 43.4 Å². The molecule has 0 fully saturated rings. The van der Waals surface area contributed by atoms with Crippen LogP contribution in [0, 0.1) is 0 Å². The van der Waals surface area contributed by atoms with E-state index in [1.807, 2.05) is 30.3 Å². The Bertz CT molecular complexity index is 543. The van der Waals surface area contributed by atoms with Crippen molar-refractivity contribution in [1.29, 1.82) is 0 Å². The molecule has 0 spiro atoms. The summed E-state index contributed by atoms with van der Waals surface area (Å²) in [4.78, 5) is 4.02. The van der Waals surface area contributed by atoms with Crippen molar-refractivity contribution in [3.8, 4) is 11.5 Å². The summed E-state index contributed by atoms with van der Waals surface area (Å²) < 4.78 is 10.7. The van der Waals surface area contributed by atoms with Crippen LogP contribution < -0.4 is 14.8 Å². The van der Waals surface area contributed by atoms with Crippen LogP contribution in [0.4, 0.5) is 0 Å². The first-order chi connectivity index (χ1) is 9.74. The summed E-state index contributed by atoms with van der Waals surface area (Å²) >= 11 is 0. The van der Waals surface area contributed by atoms with E-state index >= 15 is 0 Å². The Balaban J connectivity index is 2.09. The molecule has 2 rings (SSSR count). The lowest BCUT2D eigenvalue weighted by Gasteiger charge is -2.18. The maximum absolute atomic E-state index is 5.41. The Morgan fingerprint density at radius 2 is 1.85 bits per heavy atom. The van der Waals surface area contributed by atoms with Crippen molar-refractivity contribution in [2.75, 3.05) is 14.2 Å². The minimum absolute atomic E-state index is 0.160. The third-order valence-corrected chi connectivity index (χ3v) is 3.27. The predicted octanol–water partition coefficient (Wildman–Crippen LogP) is 2.95. The van der Waals surface area contributed by atoms with Crippen molar-refractivity contribution < 1.29 is 9.47 Å². The van der Waals surface area contributed by atoms with Gasteiger partial charge in [-0.1, -0.05) is 0 Å². The molecule has 0 aliphatic rings. The van der Waals surface area contributed by atoms with E-state index in [1.54, 1.807) is 26.6 Å². The number of hydrogen-bond acceptors (Lipinski definition) is 4. The molecule has 2 aromatic rings. The van der Waals surface area contributed by atoms with Gasteiger partial charge in [-0.2, -0.15) is 0 Å². The number of rotatable bonds is 6. The zero-order valence-corrected chi connectivity index (χ0v) is 12.1. The van der Waals surface area contributed by atoms with Crippen molar-refractivity contribution in [1.82, 2.24) is 10.3 Å². The van der Waals surface area contributed by atoms with Crippen LogP contribution in [0.15, 0.2) is 42.7 Å². The summed E-state index contributed by atoms with van der Waals surface area (Å²) in [6.45, 7) is 2.89. The highest BCUT2D eigenvalue weighted by Gasteiger charge is 2.12. The molecular formula is C16H20N2O2. The highest BCUT2D eigenvalue weighted by Crippen LogP contribution is 2.29. The summed E-state index contributed by atoms with van der Waals surface area (Å²) in [6.07, 6.45) is 3.60. The SMILES string of the molecule is COc1ccc(OC)c(C(C)NCc2ccncc2)c1. The molecule has 1 aromatic carbocycles. The Kier molecular flexibility index (Phi) is 4.96. The van der Waals surface area contributed by atoms with Gasteiger partial charge in [0.25, 0.3) is 0 Å². The summed E-state index contributed by atoms with van der Waals surface area (Å²) in [6, 6.07) is 10.00. The van der Waals surface area contributed by atoms with Crippen molar-refractivity contribution in [2.24, 2.45) is 0 Å². The largest absolute Gasteiger partial charge is 0.497 e. The quantitative estimate of drug-likeness (QED) is 0.878. The van der Waals surface area contributed by atoms with E-state index in [-0.39, 0.29) is 6.04 Å². The number of ether oxygens (including phenoxy) is 2. The molecule has 0 radical (unpaired) electrons. The molecule has 0 bridgehead atoms. The average molecular weight is 272 g/mol. The van der Waals surface area contributed by atoms with E-state index in [2.05, 4.69) is 17.2 Å². The first-order valence-electron chi connectivity index (χ1n) is 6.59. The van der Waals surface area contributed by atoms with Gasteiger partial charge in [0.05, 0.1) is 14.2 Å². The molecule has 0 saturated heterocycles. The molecule has 0 aliphatic heterocycles. The van der Waals surface area contributed by atoms with Gasteiger partial charge in [-0.3, -0.25) is 4.98 Å². The second kappa shape index (κ2) is 6.91. The Morgan fingerprint density at radius 1 is 1.10 bits per heavy atom. The van der Waals surface area contributed by atoms with Gasteiger partial charge in [0.1, 0.15) is 11.5 Å². The van der Waals surface area contributed by atoms with Gasteiger partial charge in [0.15, 0.2) is 0 Å². The van der Waals surface area contributed by atoms with Crippen LogP contribution >= 0.6 is 0 Å². The van der Waals surface area contributed by atoms with Crippen molar-refractivity contribution in [2.45, 2.75) is 19.5 Å². The van der Waals surface area contributed by atoms with Crippen LogP contribution in [-0.2, 0) is 6.54 Å². The van der Waals surface area contributed by atoms with Crippen molar-refractivity contribution in [3.63, 3.8) is 0 Å². The molecule has 4 heteroatoms. The number of aromatic nitrogens is 1. The van der Waals surface area contributed by atoms with Crippen LogP contribution in [-0.4, -0.2) is 19.2 Å². The Hall–Kier alpha value is -2.07. The van der Waals surface area contributed by atoms with E-state index in [9.17, 15) is 0 Å². The maximum atomic E-state index is 5.41. The number of nitrogens with one attached hydrogen (secondary N) is 1. The number of nitrogens with zero attached hydrogens (tertiary/aromatic N) is 1. The minimum atomic E-state index is 0.160. The maximum Gasteiger partial charge on any atom is 0.123 e. The highest BCUT2D eigenvalue weighted by molar-refractivity contribution is 5.42. The van der Waals surface area contributed by atoms with Crippen LogP contribution in [0.25, 0.3) is 0 Å². The van der Waals surface area contributed by atoms with Crippen LogP contribution in [0.3, 0.4) is 0 Å². The summed E-state index contributed by atoms with van der Waals surface area (Å²) in [5.41, 5.74) is 2.29. The van der Waals surface area contributed by atoms with E-state index in [0.29, 0.717) is 0 Å². The lowest BCUT2D eigenvalue weighted by Crippen LogP contribution is -2.18. The van der Waals surface area contributed by atoms with Gasteiger partial charge in [0.2, 0.25) is 0 Å². The van der Waals surface area contributed by atoms with Crippen LogP contribution in [0.5, 0.6) is 11.5 Å². The summed E-state index contributed by atoms with van der Waals surface area (Å²) in [7, 11) is 3.35. The monoisotopic (exact) mass is 272 g/mol. The number of benzene rings is 1. The third kappa shape index (κ3) is 3.48. The Labute approximate surface area is 119 Å². The number of pyridine rings is 1. The van der Waals surface area contributed by atoms with E-state index in [0.717, 1.165) is 23.6 Å². The fourth-order valence-electron chi connectivity index (χ4n) is 2.06. The van der Waals surface area contributed by atoms with E-state index < -0.39 is 0 Å². The van der Waals surface area contributed by atoms with Crippen molar-refractivity contribution in [3.05, 3.63) is 53.9 Å². The smallest absolute Gasteiger partial charge is 0.123 e. The first kappa shape index (κ1) is 14.3. The molecule has 0 aliphatic carbocycles. The van der Waals surface area contributed by atoms with Crippen LogP contribution in [0.1, 0.15) is 24.1 Å². The van der Waals surface area contributed by atoms with E-state index in [1.165, 1.54) is 5.56 Å². The number of methoxy groups -OCH3 is 2. The number of hydrogen-bond donors (Lipinski definition) is 1. The zero-order valence-electron chi connectivity index (χ0n) is 12.1. The second-order valence-electron chi connectivity index (χ2n) is 4.57. The first-order valence-corrected chi connectivity index (χ1v) is 6.59. The van der Waals surface area contributed by atoms with Gasteiger partial charge in [-0.05, 0) is 42.8 Å². The zero-order chi connectivity index (χ0) is 14.4. The molecule has 20 heavy (non-hydrogen) atoms. The molecule has 4 nitrogen and oxygen atoms in total. The van der Waals surface area contributed by atoms with Crippen LogP contribution in [0.2, 0.25) is 0 Å². The minimum Gasteiger partial charge on any atom is -0.497 e.